The van der Waals surface area contributed by atoms with Gasteiger partial charge in [0.05, 0.1) is 20.6 Å². The molecule has 0 aliphatic rings. The van der Waals surface area contributed by atoms with Gasteiger partial charge in [-0.05, 0) is 29.2 Å². The number of carbonyl (C=O) groups excluding carboxylic acids is 1. The van der Waals surface area contributed by atoms with E-state index in [1.54, 1.807) is 14.2 Å². The molecule has 1 amide bonds. The summed E-state index contributed by atoms with van der Waals surface area (Å²) in [7, 11) is 3.17. The number of carbonyl (C=O) groups is 1. The van der Waals surface area contributed by atoms with Crippen LogP contribution in [0.25, 0.3) is 0 Å². The summed E-state index contributed by atoms with van der Waals surface area (Å²) >= 11 is 3.48. The van der Waals surface area contributed by atoms with Crippen LogP contribution in [-0.4, -0.2) is 26.7 Å². The molecule has 24 heavy (non-hydrogen) atoms. The zero-order valence-electron chi connectivity index (χ0n) is 14.1. The Bertz CT molecular complexity index is 689. The minimum Gasteiger partial charge on any atom is -0.493 e. The number of benzene rings is 2. The lowest BCUT2D eigenvalue weighted by Crippen LogP contribution is -2.29. The SMILES string of the molecule is COc1cc(Br)c(CC(=O)NC[C@@H](C)c2ccccc2)cc1OC. The van der Waals surface area contributed by atoms with Crippen molar-refractivity contribution in [3.63, 3.8) is 0 Å². The van der Waals surface area contributed by atoms with Crippen LogP contribution < -0.4 is 14.8 Å². The van der Waals surface area contributed by atoms with Gasteiger partial charge in [0.25, 0.3) is 0 Å². The van der Waals surface area contributed by atoms with E-state index in [1.807, 2.05) is 30.3 Å². The van der Waals surface area contributed by atoms with Crippen molar-refractivity contribution in [1.82, 2.24) is 5.32 Å². The normalized spacial score (nSPS) is 11.7. The molecule has 0 saturated carbocycles. The number of hydrogen-bond donors (Lipinski definition) is 1. The average molecular weight is 392 g/mol. The Labute approximate surface area is 151 Å². The predicted molar refractivity (Wildman–Crippen MR) is 98.8 cm³/mol. The lowest BCUT2D eigenvalue weighted by atomic mass is 10.0. The van der Waals surface area contributed by atoms with Gasteiger partial charge in [0.1, 0.15) is 0 Å². The standard InChI is InChI=1S/C19H22BrNO3/c1-13(14-7-5-4-6-8-14)12-21-19(22)10-15-9-17(23-2)18(24-3)11-16(15)20/h4-9,11,13H,10,12H2,1-3H3,(H,21,22)/t13-/m1/s1. The average Bonchev–Trinajstić information content (AvgIpc) is 2.61. The number of methoxy groups -OCH3 is 2. The first kappa shape index (κ1) is 18.3. The van der Waals surface area contributed by atoms with Gasteiger partial charge in [-0.2, -0.15) is 0 Å². The first-order chi connectivity index (χ1) is 11.5. The van der Waals surface area contributed by atoms with Gasteiger partial charge >= 0.3 is 0 Å². The first-order valence-corrected chi connectivity index (χ1v) is 8.56. The Morgan fingerprint density at radius 2 is 1.75 bits per heavy atom. The molecule has 1 N–H and O–H groups in total. The van der Waals surface area contributed by atoms with Crippen molar-refractivity contribution in [2.24, 2.45) is 0 Å². The number of amides is 1. The van der Waals surface area contributed by atoms with E-state index >= 15 is 0 Å². The van der Waals surface area contributed by atoms with Gasteiger partial charge in [-0.3, -0.25) is 4.79 Å². The summed E-state index contributed by atoms with van der Waals surface area (Å²) in [4.78, 5) is 12.3. The van der Waals surface area contributed by atoms with Gasteiger partial charge in [0.15, 0.2) is 11.5 Å². The molecule has 4 nitrogen and oxygen atoms in total. The van der Waals surface area contributed by atoms with Gasteiger partial charge in [-0.1, -0.05) is 53.2 Å². The highest BCUT2D eigenvalue weighted by Crippen LogP contribution is 2.33. The molecule has 5 heteroatoms. The van der Waals surface area contributed by atoms with Crippen LogP contribution in [0.2, 0.25) is 0 Å². The lowest BCUT2D eigenvalue weighted by Gasteiger charge is -2.14. The van der Waals surface area contributed by atoms with Gasteiger partial charge in [-0.15, -0.1) is 0 Å². The van der Waals surface area contributed by atoms with Gasteiger partial charge in [0, 0.05) is 11.0 Å². The molecule has 0 saturated heterocycles. The topological polar surface area (TPSA) is 47.6 Å². The summed E-state index contributed by atoms with van der Waals surface area (Å²) < 4.78 is 11.4. The molecule has 0 heterocycles. The molecule has 0 radical (unpaired) electrons. The van der Waals surface area contributed by atoms with E-state index in [1.165, 1.54) is 5.56 Å². The predicted octanol–water partition coefficient (Wildman–Crippen LogP) is 3.93. The van der Waals surface area contributed by atoms with E-state index in [2.05, 4.69) is 40.3 Å². The van der Waals surface area contributed by atoms with Gasteiger partial charge in [0.2, 0.25) is 5.91 Å². The Balaban J connectivity index is 1.97. The fraction of sp³-hybridized carbons (Fsp3) is 0.316. The van der Waals surface area contributed by atoms with Crippen molar-refractivity contribution in [2.45, 2.75) is 19.3 Å². The summed E-state index contributed by atoms with van der Waals surface area (Å²) in [6.45, 7) is 2.70. The Morgan fingerprint density at radius 1 is 1.12 bits per heavy atom. The van der Waals surface area contributed by atoms with E-state index in [-0.39, 0.29) is 18.2 Å². The molecule has 0 aliphatic heterocycles. The number of ether oxygens (including phenoxy) is 2. The molecule has 2 aromatic rings. The molecule has 1 atom stereocenters. The zero-order valence-corrected chi connectivity index (χ0v) is 15.7. The fourth-order valence-electron chi connectivity index (χ4n) is 2.43. The third kappa shape index (κ3) is 4.74. The highest BCUT2D eigenvalue weighted by Gasteiger charge is 2.13. The maximum atomic E-state index is 12.3. The van der Waals surface area contributed by atoms with E-state index < -0.39 is 0 Å². The minimum atomic E-state index is -0.0225. The maximum Gasteiger partial charge on any atom is 0.224 e. The van der Waals surface area contributed by atoms with Crippen LogP contribution in [0.5, 0.6) is 11.5 Å². The second kappa shape index (κ2) is 8.73. The fourth-order valence-corrected chi connectivity index (χ4v) is 2.90. The van der Waals surface area contributed by atoms with Crippen molar-refractivity contribution >= 4 is 21.8 Å². The summed E-state index contributed by atoms with van der Waals surface area (Å²) in [5, 5.41) is 2.99. The number of halogens is 1. The van der Waals surface area contributed by atoms with E-state index in [4.69, 9.17) is 9.47 Å². The van der Waals surface area contributed by atoms with Crippen molar-refractivity contribution in [2.75, 3.05) is 20.8 Å². The van der Waals surface area contributed by atoms with Crippen LogP contribution in [0.4, 0.5) is 0 Å². The maximum absolute atomic E-state index is 12.3. The summed E-state index contributed by atoms with van der Waals surface area (Å²) in [6.07, 6.45) is 0.280. The molecule has 128 valence electrons. The van der Waals surface area contributed by atoms with Crippen LogP contribution in [0.15, 0.2) is 46.9 Å². The number of nitrogens with one attached hydrogen (secondary N) is 1. The molecule has 0 aromatic heterocycles. The highest BCUT2D eigenvalue weighted by molar-refractivity contribution is 9.10. The Morgan fingerprint density at radius 3 is 2.38 bits per heavy atom. The van der Waals surface area contributed by atoms with E-state index in [9.17, 15) is 4.79 Å². The number of hydrogen-bond acceptors (Lipinski definition) is 3. The van der Waals surface area contributed by atoms with Crippen molar-refractivity contribution in [1.29, 1.82) is 0 Å². The highest BCUT2D eigenvalue weighted by atomic mass is 79.9. The molecule has 2 aromatic carbocycles. The summed E-state index contributed by atoms with van der Waals surface area (Å²) in [5.41, 5.74) is 2.07. The molecule has 0 unspecified atom stereocenters. The zero-order chi connectivity index (χ0) is 17.5. The molecule has 0 bridgehead atoms. The van der Waals surface area contributed by atoms with Crippen LogP contribution in [0.3, 0.4) is 0 Å². The van der Waals surface area contributed by atoms with Crippen molar-refractivity contribution in [3.05, 3.63) is 58.1 Å². The lowest BCUT2D eigenvalue weighted by molar-refractivity contribution is -0.120. The van der Waals surface area contributed by atoms with Crippen molar-refractivity contribution in [3.8, 4) is 11.5 Å². The molecule has 2 rings (SSSR count). The summed E-state index contributed by atoms with van der Waals surface area (Å²) in [6, 6.07) is 13.8. The molecular formula is C19H22BrNO3. The monoisotopic (exact) mass is 391 g/mol. The quantitative estimate of drug-likeness (QED) is 0.777. The smallest absolute Gasteiger partial charge is 0.224 e. The largest absolute Gasteiger partial charge is 0.493 e. The third-order valence-corrected chi connectivity index (χ3v) is 4.62. The molecular weight excluding hydrogens is 370 g/mol. The molecule has 0 aliphatic carbocycles. The van der Waals surface area contributed by atoms with E-state index in [0.717, 1.165) is 10.0 Å². The molecule has 0 spiro atoms. The van der Waals surface area contributed by atoms with Crippen LogP contribution >= 0.6 is 15.9 Å². The van der Waals surface area contributed by atoms with E-state index in [0.29, 0.717) is 18.0 Å². The van der Waals surface area contributed by atoms with Gasteiger partial charge < -0.3 is 14.8 Å². The second-order valence-corrected chi connectivity index (χ2v) is 6.45. The second-order valence-electron chi connectivity index (χ2n) is 5.59. The first-order valence-electron chi connectivity index (χ1n) is 7.77. The van der Waals surface area contributed by atoms with Gasteiger partial charge in [-0.25, -0.2) is 0 Å². The minimum absolute atomic E-state index is 0.0225. The van der Waals surface area contributed by atoms with Crippen LogP contribution in [-0.2, 0) is 11.2 Å². The summed E-state index contributed by atoms with van der Waals surface area (Å²) in [5.74, 6) is 1.49. The van der Waals surface area contributed by atoms with Crippen molar-refractivity contribution < 1.29 is 14.3 Å². The Hall–Kier alpha value is -2.01. The Kier molecular flexibility index (Phi) is 6.67. The number of rotatable bonds is 7. The third-order valence-electron chi connectivity index (χ3n) is 3.88. The molecule has 0 fully saturated rings. The van der Waals surface area contributed by atoms with Crippen LogP contribution in [0, 0.1) is 0 Å². The van der Waals surface area contributed by atoms with Crippen LogP contribution in [0.1, 0.15) is 24.0 Å².